The Morgan fingerprint density at radius 1 is 1.14 bits per heavy atom. The molecule has 1 rings (SSSR count). The lowest BCUT2D eigenvalue weighted by atomic mass is 10.1. The Bertz CT molecular complexity index is 242. The van der Waals surface area contributed by atoms with Gasteiger partial charge in [-0.2, -0.15) is 0 Å². The molecule has 0 aliphatic heterocycles. The third-order valence-corrected chi connectivity index (χ3v) is 2.41. The van der Waals surface area contributed by atoms with Gasteiger partial charge in [-0.1, -0.05) is 33.1 Å². The molecule has 0 unspecified atom stereocenters. The Labute approximate surface area is 86.5 Å². The van der Waals surface area contributed by atoms with E-state index < -0.39 is 0 Å². The van der Waals surface area contributed by atoms with Gasteiger partial charge in [0.2, 0.25) is 0 Å². The first kappa shape index (κ1) is 11.2. The van der Waals surface area contributed by atoms with Crippen molar-refractivity contribution < 1.29 is 0 Å². The van der Waals surface area contributed by atoms with E-state index in [-0.39, 0.29) is 0 Å². The molecule has 1 aromatic heterocycles. The summed E-state index contributed by atoms with van der Waals surface area (Å²) < 4.78 is 2.17. The Morgan fingerprint density at radius 3 is 2.71 bits per heavy atom. The summed E-state index contributed by atoms with van der Waals surface area (Å²) in [5.74, 6) is 1.16. The molecule has 0 saturated heterocycles. The highest BCUT2D eigenvalue weighted by molar-refractivity contribution is 4.85. The van der Waals surface area contributed by atoms with Crippen LogP contribution in [0.3, 0.4) is 0 Å². The van der Waals surface area contributed by atoms with Gasteiger partial charge in [-0.3, -0.25) is 0 Å². The Balaban J connectivity index is 2.30. The van der Waals surface area contributed by atoms with E-state index in [0.29, 0.717) is 0 Å². The molecule has 0 saturated carbocycles. The molecule has 0 atom stereocenters. The fraction of sp³-hybridized carbons (Fsp3) is 0.818. The zero-order chi connectivity index (χ0) is 10.2. The molecule has 80 valence electrons. The molecule has 0 aliphatic carbocycles. The van der Waals surface area contributed by atoms with Crippen LogP contribution in [-0.2, 0) is 13.0 Å². The second kappa shape index (κ2) is 6.57. The van der Waals surface area contributed by atoms with Gasteiger partial charge in [-0.15, -0.1) is 10.2 Å². The lowest BCUT2D eigenvalue weighted by Crippen LogP contribution is -2.02. The highest BCUT2D eigenvalue weighted by atomic mass is 15.3. The molecule has 0 spiro atoms. The van der Waals surface area contributed by atoms with Crippen LogP contribution in [0.1, 0.15) is 51.8 Å². The van der Waals surface area contributed by atoms with Crippen LogP contribution in [0, 0.1) is 0 Å². The molecule has 3 heteroatoms. The van der Waals surface area contributed by atoms with E-state index in [1.807, 2.05) is 6.33 Å². The maximum atomic E-state index is 4.15. The second-order valence-electron chi connectivity index (χ2n) is 3.75. The molecule has 1 aromatic rings. The average molecular weight is 195 g/mol. The number of nitrogens with zero attached hydrogens (tertiary/aromatic N) is 3. The van der Waals surface area contributed by atoms with E-state index in [1.165, 1.54) is 25.7 Å². The zero-order valence-corrected chi connectivity index (χ0v) is 9.37. The number of hydrogen-bond acceptors (Lipinski definition) is 2. The molecule has 0 bridgehead atoms. The van der Waals surface area contributed by atoms with Gasteiger partial charge in [0.1, 0.15) is 12.2 Å². The van der Waals surface area contributed by atoms with Crippen molar-refractivity contribution >= 4 is 0 Å². The standard InChI is InChI=1S/C11H21N3/c1-3-5-6-7-8-11-13-12-10-14(11)9-4-2/h10H,3-9H2,1-2H3. The molecular weight excluding hydrogens is 174 g/mol. The molecule has 0 radical (unpaired) electrons. The van der Waals surface area contributed by atoms with Gasteiger partial charge >= 0.3 is 0 Å². The number of hydrogen-bond donors (Lipinski definition) is 0. The van der Waals surface area contributed by atoms with Crippen molar-refractivity contribution in [3.63, 3.8) is 0 Å². The number of rotatable bonds is 7. The van der Waals surface area contributed by atoms with Gasteiger partial charge < -0.3 is 4.57 Å². The van der Waals surface area contributed by atoms with Crippen molar-refractivity contribution in [3.8, 4) is 0 Å². The SMILES string of the molecule is CCCCCCc1nncn1CCC. The minimum Gasteiger partial charge on any atom is -0.318 e. The lowest BCUT2D eigenvalue weighted by molar-refractivity contribution is 0.598. The fourth-order valence-electron chi connectivity index (χ4n) is 1.61. The van der Waals surface area contributed by atoms with Crippen LogP contribution in [-0.4, -0.2) is 14.8 Å². The minimum absolute atomic E-state index is 1.05. The molecule has 0 aliphatic rings. The molecule has 0 amide bonds. The summed E-state index contributed by atoms with van der Waals surface area (Å²) in [7, 11) is 0. The van der Waals surface area contributed by atoms with Gasteiger partial charge in [-0.05, 0) is 12.8 Å². The summed E-state index contributed by atoms with van der Waals surface area (Å²) in [6.45, 7) is 5.47. The van der Waals surface area contributed by atoms with Crippen molar-refractivity contribution in [3.05, 3.63) is 12.2 Å². The first-order valence-corrected chi connectivity index (χ1v) is 5.75. The molecule has 14 heavy (non-hydrogen) atoms. The maximum absolute atomic E-state index is 4.15. The summed E-state index contributed by atoms with van der Waals surface area (Å²) in [6.07, 6.45) is 9.27. The largest absolute Gasteiger partial charge is 0.318 e. The van der Waals surface area contributed by atoms with Crippen LogP contribution in [0.15, 0.2) is 6.33 Å². The number of unbranched alkanes of at least 4 members (excludes halogenated alkanes) is 3. The predicted octanol–water partition coefficient (Wildman–Crippen LogP) is 2.81. The van der Waals surface area contributed by atoms with Crippen LogP contribution in [0.25, 0.3) is 0 Å². The average Bonchev–Trinajstić information content (AvgIpc) is 2.61. The second-order valence-corrected chi connectivity index (χ2v) is 3.75. The van der Waals surface area contributed by atoms with Crippen molar-refractivity contribution in [2.24, 2.45) is 0 Å². The molecular formula is C11H21N3. The summed E-state index contributed by atoms with van der Waals surface area (Å²) in [5, 5.41) is 8.10. The summed E-state index contributed by atoms with van der Waals surface area (Å²) in [4.78, 5) is 0. The van der Waals surface area contributed by atoms with Crippen molar-refractivity contribution in [1.82, 2.24) is 14.8 Å². The van der Waals surface area contributed by atoms with Crippen LogP contribution in [0.4, 0.5) is 0 Å². The summed E-state index contributed by atoms with van der Waals surface area (Å²) in [5.41, 5.74) is 0. The number of aryl methyl sites for hydroxylation is 2. The topological polar surface area (TPSA) is 30.7 Å². The zero-order valence-electron chi connectivity index (χ0n) is 9.37. The normalized spacial score (nSPS) is 10.7. The number of aromatic nitrogens is 3. The molecule has 0 fully saturated rings. The predicted molar refractivity (Wildman–Crippen MR) is 58.2 cm³/mol. The van der Waals surface area contributed by atoms with Gasteiger partial charge in [0.15, 0.2) is 0 Å². The minimum atomic E-state index is 1.05. The monoisotopic (exact) mass is 195 g/mol. The molecule has 1 heterocycles. The van der Waals surface area contributed by atoms with Crippen LogP contribution in [0.2, 0.25) is 0 Å². The van der Waals surface area contributed by atoms with E-state index in [0.717, 1.165) is 25.2 Å². The molecule has 3 nitrogen and oxygen atoms in total. The van der Waals surface area contributed by atoms with E-state index in [1.54, 1.807) is 0 Å². The smallest absolute Gasteiger partial charge is 0.132 e. The van der Waals surface area contributed by atoms with Crippen LogP contribution >= 0.6 is 0 Å². The van der Waals surface area contributed by atoms with Gasteiger partial charge in [0.05, 0.1) is 0 Å². The quantitative estimate of drug-likeness (QED) is 0.626. The van der Waals surface area contributed by atoms with Crippen LogP contribution < -0.4 is 0 Å². The molecule has 0 N–H and O–H groups in total. The van der Waals surface area contributed by atoms with Gasteiger partial charge in [-0.25, -0.2) is 0 Å². The highest BCUT2D eigenvalue weighted by Gasteiger charge is 2.02. The highest BCUT2D eigenvalue weighted by Crippen LogP contribution is 2.05. The van der Waals surface area contributed by atoms with E-state index in [2.05, 4.69) is 28.6 Å². The van der Waals surface area contributed by atoms with Crippen molar-refractivity contribution in [2.45, 2.75) is 58.9 Å². The Kier molecular flexibility index (Phi) is 5.27. The first-order valence-electron chi connectivity index (χ1n) is 5.75. The maximum Gasteiger partial charge on any atom is 0.132 e. The van der Waals surface area contributed by atoms with Crippen LogP contribution in [0.5, 0.6) is 0 Å². The first-order chi connectivity index (χ1) is 6.88. The third kappa shape index (κ3) is 3.48. The van der Waals surface area contributed by atoms with Crippen molar-refractivity contribution in [1.29, 1.82) is 0 Å². The van der Waals surface area contributed by atoms with E-state index >= 15 is 0 Å². The molecule has 0 aromatic carbocycles. The van der Waals surface area contributed by atoms with E-state index in [4.69, 9.17) is 0 Å². The third-order valence-electron chi connectivity index (χ3n) is 2.41. The van der Waals surface area contributed by atoms with Gasteiger partial charge in [0.25, 0.3) is 0 Å². The summed E-state index contributed by atoms with van der Waals surface area (Å²) in [6, 6.07) is 0. The van der Waals surface area contributed by atoms with E-state index in [9.17, 15) is 0 Å². The Morgan fingerprint density at radius 2 is 2.00 bits per heavy atom. The van der Waals surface area contributed by atoms with Gasteiger partial charge in [0, 0.05) is 13.0 Å². The van der Waals surface area contributed by atoms with Crippen molar-refractivity contribution in [2.75, 3.05) is 0 Å². The fourth-order valence-corrected chi connectivity index (χ4v) is 1.61. The Hall–Kier alpha value is -0.860. The summed E-state index contributed by atoms with van der Waals surface area (Å²) >= 11 is 0. The lowest BCUT2D eigenvalue weighted by Gasteiger charge is -2.03.